The van der Waals surface area contributed by atoms with Crippen LogP contribution in [0.2, 0.25) is 0 Å². The monoisotopic (exact) mass is 284 g/mol. The largest absolute Gasteiger partial charge is 0.381 e. The summed E-state index contributed by atoms with van der Waals surface area (Å²) in [7, 11) is 0. The summed E-state index contributed by atoms with van der Waals surface area (Å²) in [6.07, 6.45) is 1.77. The van der Waals surface area contributed by atoms with Crippen molar-refractivity contribution >= 4 is 22.6 Å². The van der Waals surface area contributed by atoms with Crippen LogP contribution in [0.1, 0.15) is 12.8 Å². The first-order valence-corrected chi connectivity index (χ1v) is 7.18. The van der Waals surface area contributed by atoms with E-state index in [0.717, 1.165) is 36.8 Å². The predicted octanol–water partition coefficient (Wildman–Crippen LogP) is 3.03. The normalized spacial score (nSPS) is 21.5. The van der Waals surface area contributed by atoms with Crippen LogP contribution in [0.4, 0.5) is 14.5 Å². The fourth-order valence-electron chi connectivity index (χ4n) is 2.26. The summed E-state index contributed by atoms with van der Waals surface area (Å²) in [5.41, 5.74) is 0.0463. The molecule has 0 radical (unpaired) electrons. The van der Waals surface area contributed by atoms with E-state index >= 15 is 0 Å². The zero-order valence-electron chi connectivity index (χ0n) is 10.3. The van der Waals surface area contributed by atoms with Gasteiger partial charge in [0.25, 0.3) is 0 Å². The van der Waals surface area contributed by atoms with E-state index in [1.54, 1.807) is 11.8 Å². The van der Waals surface area contributed by atoms with Gasteiger partial charge in [-0.2, -0.15) is 0 Å². The Labute approximate surface area is 114 Å². The number of nitrogens with zero attached hydrogens (tertiary/aromatic N) is 1. The maximum atomic E-state index is 13.5. The molecule has 19 heavy (non-hydrogen) atoms. The highest BCUT2D eigenvalue weighted by molar-refractivity contribution is 8.14. The minimum atomic E-state index is -0.474. The van der Waals surface area contributed by atoms with E-state index in [-0.39, 0.29) is 11.2 Å². The predicted molar refractivity (Wildman–Crippen MR) is 72.7 cm³/mol. The van der Waals surface area contributed by atoms with Crippen molar-refractivity contribution in [3.63, 3.8) is 0 Å². The molecular formula is C13H14F2N2OS. The number of halogens is 2. The molecule has 3 rings (SSSR count). The summed E-state index contributed by atoms with van der Waals surface area (Å²) in [5, 5.41) is 3.54. The first-order valence-electron chi connectivity index (χ1n) is 6.19. The van der Waals surface area contributed by atoms with Gasteiger partial charge in [-0.15, -0.1) is 0 Å². The van der Waals surface area contributed by atoms with Crippen LogP contribution in [0.15, 0.2) is 23.2 Å². The molecule has 0 aromatic heterocycles. The zero-order valence-corrected chi connectivity index (χ0v) is 11.1. The van der Waals surface area contributed by atoms with Crippen LogP contribution >= 0.6 is 11.8 Å². The van der Waals surface area contributed by atoms with Gasteiger partial charge in [0.2, 0.25) is 0 Å². The molecule has 6 heteroatoms. The molecule has 3 nitrogen and oxygen atoms in total. The first kappa shape index (κ1) is 12.9. The Hall–Kier alpha value is -1.14. The minimum Gasteiger partial charge on any atom is -0.381 e. The van der Waals surface area contributed by atoms with Crippen molar-refractivity contribution in [3.8, 4) is 0 Å². The number of ether oxygens (including phenoxy) is 1. The molecule has 0 amide bonds. The van der Waals surface area contributed by atoms with Crippen molar-refractivity contribution in [1.29, 1.82) is 0 Å². The number of aliphatic imine (C=N–C) groups is 1. The molecule has 1 aromatic rings. The number of rotatable bonds is 1. The standard InChI is InChI=1S/C13H14F2N2OS/c14-9-1-2-10(15)11(7-9)16-12-17-13(8-19-12)3-5-18-6-4-13/h1-2,7H,3-6,8H2,(H,16,17). The number of anilines is 1. The molecule has 102 valence electrons. The summed E-state index contributed by atoms with van der Waals surface area (Å²) >= 11 is 1.55. The Morgan fingerprint density at radius 2 is 2.05 bits per heavy atom. The molecule has 0 aliphatic carbocycles. The Bertz CT molecular complexity index is 515. The third-order valence-electron chi connectivity index (χ3n) is 3.41. The Morgan fingerprint density at radius 3 is 2.84 bits per heavy atom. The Kier molecular flexibility index (Phi) is 3.45. The lowest BCUT2D eigenvalue weighted by atomic mass is 9.93. The molecule has 1 spiro atoms. The van der Waals surface area contributed by atoms with Gasteiger partial charge in [-0.3, -0.25) is 4.99 Å². The van der Waals surface area contributed by atoms with Gasteiger partial charge in [0.15, 0.2) is 5.17 Å². The molecule has 0 saturated carbocycles. The summed E-state index contributed by atoms with van der Waals surface area (Å²) in [5.74, 6) is -0.0683. The average Bonchev–Trinajstić information content (AvgIpc) is 2.78. The number of hydrogen-bond donors (Lipinski definition) is 1. The van der Waals surface area contributed by atoms with Crippen LogP contribution in [0.3, 0.4) is 0 Å². The van der Waals surface area contributed by atoms with Gasteiger partial charge in [-0.25, -0.2) is 8.78 Å². The van der Waals surface area contributed by atoms with Gasteiger partial charge in [-0.05, 0) is 25.0 Å². The van der Waals surface area contributed by atoms with Gasteiger partial charge >= 0.3 is 0 Å². The highest BCUT2D eigenvalue weighted by Crippen LogP contribution is 2.36. The smallest absolute Gasteiger partial charge is 0.161 e. The van der Waals surface area contributed by atoms with E-state index in [4.69, 9.17) is 4.74 Å². The maximum Gasteiger partial charge on any atom is 0.161 e. The molecule has 1 N–H and O–H groups in total. The second kappa shape index (κ2) is 5.09. The molecule has 2 aliphatic heterocycles. The second-order valence-corrected chi connectivity index (χ2v) is 5.76. The number of nitrogens with one attached hydrogen (secondary N) is 1. The van der Waals surface area contributed by atoms with Gasteiger partial charge in [0, 0.05) is 25.0 Å². The molecular weight excluding hydrogens is 270 g/mol. The minimum absolute atomic E-state index is 0.0882. The lowest BCUT2D eigenvalue weighted by Gasteiger charge is -2.29. The van der Waals surface area contributed by atoms with Crippen LogP contribution in [0.25, 0.3) is 0 Å². The molecule has 1 fully saturated rings. The molecule has 0 atom stereocenters. The van der Waals surface area contributed by atoms with Gasteiger partial charge in [-0.1, -0.05) is 11.8 Å². The fraction of sp³-hybridized carbons (Fsp3) is 0.462. The van der Waals surface area contributed by atoms with Gasteiger partial charge in [0.1, 0.15) is 11.6 Å². The lowest BCUT2D eigenvalue weighted by Crippen LogP contribution is -2.34. The molecule has 1 saturated heterocycles. The van der Waals surface area contributed by atoms with Crippen LogP contribution < -0.4 is 5.32 Å². The fourth-order valence-corrected chi connectivity index (χ4v) is 3.46. The van der Waals surface area contributed by atoms with Crippen molar-refractivity contribution in [3.05, 3.63) is 29.8 Å². The third-order valence-corrected chi connectivity index (χ3v) is 4.56. The van der Waals surface area contributed by atoms with E-state index in [2.05, 4.69) is 10.3 Å². The number of thioether (sulfide) groups is 1. The van der Waals surface area contributed by atoms with E-state index in [1.165, 1.54) is 0 Å². The van der Waals surface area contributed by atoms with Crippen LogP contribution in [0, 0.1) is 11.6 Å². The number of amidine groups is 1. The van der Waals surface area contributed by atoms with E-state index in [9.17, 15) is 8.78 Å². The van der Waals surface area contributed by atoms with Crippen molar-refractivity contribution in [2.24, 2.45) is 4.99 Å². The number of hydrogen-bond acceptors (Lipinski definition) is 4. The van der Waals surface area contributed by atoms with Crippen molar-refractivity contribution < 1.29 is 13.5 Å². The topological polar surface area (TPSA) is 33.6 Å². The summed E-state index contributed by atoms with van der Waals surface area (Å²) in [6, 6.07) is 3.36. The molecule has 1 aromatic carbocycles. The SMILES string of the molecule is Fc1ccc(F)c(NC2=NC3(CCOCC3)CS2)c1. The van der Waals surface area contributed by atoms with Crippen LogP contribution in [-0.2, 0) is 4.74 Å². The van der Waals surface area contributed by atoms with Crippen molar-refractivity contribution in [2.75, 3.05) is 24.3 Å². The summed E-state index contributed by atoms with van der Waals surface area (Å²) in [6.45, 7) is 1.43. The zero-order chi connectivity index (χ0) is 13.3. The Balaban J connectivity index is 1.77. The molecule has 0 unspecified atom stereocenters. The lowest BCUT2D eigenvalue weighted by molar-refractivity contribution is 0.0624. The second-order valence-electron chi connectivity index (χ2n) is 4.79. The quantitative estimate of drug-likeness (QED) is 0.860. The van der Waals surface area contributed by atoms with Gasteiger partial charge in [0.05, 0.1) is 11.2 Å². The van der Waals surface area contributed by atoms with E-state index in [0.29, 0.717) is 18.4 Å². The average molecular weight is 284 g/mol. The van der Waals surface area contributed by atoms with Crippen molar-refractivity contribution in [2.45, 2.75) is 18.4 Å². The highest BCUT2D eigenvalue weighted by atomic mass is 32.2. The summed E-state index contributed by atoms with van der Waals surface area (Å²) < 4.78 is 32.0. The first-order chi connectivity index (χ1) is 9.17. The summed E-state index contributed by atoms with van der Waals surface area (Å²) in [4.78, 5) is 4.64. The van der Waals surface area contributed by atoms with E-state index < -0.39 is 11.6 Å². The van der Waals surface area contributed by atoms with Gasteiger partial charge < -0.3 is 10.1 Å². The molecule has 2 aliphatic rings. The van der Waals surface area contributed by atoms with Crippen LogP contribution in [0.5, 0.6) is 0 Å². The van der Waals surface area contributed by atoms with Crippen molar-refractivity contribution in [1.82, 2.24) is 0 Å². The molecule has 0 bridgehead atoms. The van der Waals surface area contributed by atoms with Crippen LogP contribution in [-0.4, -0.2) is 29.7 Å². The molecule has 2 heterocycles. The Morgan fingerprint density at radius 1 is 1.26 bits per heavy atom. The highest BCUT2D eigenvalue weighted by Gasteiger charge is 2.37. The number of benzene rings is 1. The third kappa shape index (κ3) is 2.74. The maximum absolute atomic E-state index is 13.5. The van der Waals surface area contributed by atoms with E-state index in [1.807, 2.05) is 0 Å².